The molecule has 0 bridgehead atoms. The molecular weight excluding hydrogens is 261 g/mol. The highest BCUT2D eigenvalue weighted by atomic mass is 35.5. The van der Waals surface area contributed by atoms with E-state index in [0.717, 1.165) is 25.1 Å². The number of hydrogen-bond acceptors (Lipinski definition) is 1. The van der Waals surface area contributed by atoms with Crippen molar-refractivity contribution in [1.29, 1.82) is 0 Å². The van der Waals surface area contributed by atoms with Gasteiger partial charge in [0.25, 0.3) is 0 Å². The number of fused-ring (bicyclic) bond motifs is 1. The Morgan fingerprint density at radius 1 is 1.05 bits per heavy atom. The normalized spacial score (nSPS) is 14.3. The molecule has 0 N–H and O–H groups in total. The van der Waals surface area contributed by atoms with E-state index in [1.54, 1.807) is 6.07 Å². The molecule has 1 aliphatic rings. The summed E-state index contributed by atoms with van der Waals surface area (Å²) in [6.07, 6.45) is 0.951. The minimum Gasteiger partial charge on any atom is -0.364 e. The number of alkyl halides is 1. The average molecular weight is 276 g/mol. The van der Waals surface area contributed by atoms with Crippen LogP contribution in [0.1, 0.15) is 16.7 Å². The topological polar surface area (TPSA) is 3.24 Å². The van der Waals surface area contributed by atoms with Gasteiger partial charge in [0.2, 0.25) is 0 Å². The maximum atomic E-state index is 14.1. The molecule has 0 saturated carbocycles. The monoisotopic (exact) mass is 275 g/mol. The molecule has 2 aromatic carbocycles. The third-order valence-corrected chi connectivity index (χ3v) is 3.95. The number of rotatable bonds is 2. The molecule has 1 aliphatic heterocycles. The van der Waals surface area contributed by atoms with Crippen molar-refractivity contribution in [1.82, 2.24) is 0 Å². The molecule has 19 heavy (non-hydrogen) atoms. The summed E-state index contributed by atoms with van der Waals surface area (Å²) in [7, 11) is 0. The van der Waals surface area contributed by atoms with Crippen LogP contribution in [0.3, 0.4) is 0 Å². The van der Waals surface area contributed by atoms with Crippen molar-refractivity contribution in [3.8, 4) is 0 Å². The van der Waals surface area contributed by atoms with Crippen LogP contribution in [-0.2, 0) is 18.8 Å². The third kappa shape index (κ3) is 2.33. The van der Waals surface area contributed by atoms with Crippen LogP contribution < -0.4 is 4.90 Å². The highest BCUT2D eigenvalue weighted by Gasteiger charge is 2.20. The summed E-state index contributed by atoms with van der Waals surface area (Å²) in [5, 5.41) is 0. The Morgan fingerprint density at radius 2 is 1.84 bits per heavy atom. The largest absolute Gasteiger partial charge is 0.364 e. The molecule has 3 heteroatoms. The fraction of sp³-hybridized carbons (Fsp3) is 0.250. The number of nitrogens with zero attached hydrogens (tertiary/aromatic N) is 1. The fourth-order valence-electron chi connectivity index (χ4n) is 2.71. The molecule has 3 rings (SSSR count). The van der Waals surface area contributed by atoms with Crippen LogP contribution in [0.25, 0.3) is 0 Å². The van der Waals surface area contributed by atoms with Gasteiger partial charge in [0, 0.05) is 19.0 Å². The number of anilines is 1. The lowest BCUT2D eigenvalue weighted by molar-refractivity contribution is 0.608. The number of halogens is 2. The maximum absolute atomic E-state index is 14.1. The fourth-order valence-corrected chi connectivity index (χ4v) is 2.92. The maximum Gasteiger partial charge on any atom is 0.146 e. The van der Waals surface area contributed by atoms with Gasteiger partial charge in [0.05, 0.1) is 5.69 Å². The summed E-state index contributed by atoms with van der Waals surface area (Å²) in [6.45, 7) is 1.59. The smallest absolute Gasteiger partial charge is 0.146 e. The summed E-state index contributed by atoms with van der Waals surface area (Å²) in [6, 6.07) is 13.5. The molecule has 0 atom stereocenters. The van der Waals surface area contributed by atoms with Crippen LogP contribution >= 0.6 is 11.6 Å². The summed E-state index contributed by atoms with van der Waals surface area (Å²) in [4.78, 5) is 2.09. The molecule has 0 unspecified atom stereocenters. The molecule has 1 heterocycles. The van der Waals surface area contributed by atoms with Crippen molar-refractivity contribution in [2.24, 2.45) is 0 Å². The first-order chi connectivity index (χ1) is 9.29. The van der Waals surface area contributed by atoms with Crippen LogP contribution in [-0.4, -0.2) is 6.54 Å². The van der Waals surface area contributed by atoms with Gasteiger partial charge >= 0.3 is 0 Å². The van der Waals surface area contributed by atoms with Crippen molar-refractivity contribution >= 4 is 17.3 Å². The highest BCUT2D eigenvalue weighted by Crippen LogP contribution is 2.30. The van der Waals surface area contributed by atoms with Gasteiger partial charge in [-0.25, -0.2) is 4.39 Å². The first-order valence-electron chi connectivity index (χ1n) is 6.44. The summed E-state index contributed by atoms with van der Waals surface area (Å²) in [5.41, 5.74) is 4.16. The Hall–Kier alpha value is -1.54. The van der Waals surface area contributed by atoms with E-state index >= 15 is 0 Å². The van der Waals surface area contributed by atoms with Gasteiger partial charge < -0.3 is 4.90 Å². The number of para-hydroxylation sites is 1. The van der Waals surface area contributed by atoms with Gasteiger partial charge in [0.1, 0.15) is 5.82 Å². The molecule has 0 radical (unpaired) electrons. The summed E-state index contributed by atoms with van der Waals surface area (Å²) >= 11 is 5.93. The first kappa shape index (κ1) is 12.5. The first-order valence-corrected chi connectivity index (χ1v) is 6.98. The van der Waals surface area contributed by atoms with E-state index in [2.05, 4.69) is 23.1 Å². The lowest BCUT2D eigenvalue weighted by atomic mass is 9.99. The van der Waals surface area contributed by atoms with E-state index in [4.69, 9.17) is 11.6 Å². The second-order valence-corrected chi connectivity index (χ2v) is 5.09. The van der Waals surface area contributed by atoms with E-state index in [1.165, 1.54) is 17.2 Å². The average Bonchev–Trinajstić information content (AvgIpc) is 2.46. The van der Waals surface area contributed by atoms with Crippen molar-refractivity contribution in [2.45, 2.75) is 18.8 Å². The molecule has 98 valence electrons. The Bertz CT molecular complexity index is 597. The van der Waals surface area contributed by atoms with E-state index in [-0.39, 0.29) is 5.82 Å². The van der Waals surface area contributed by atoms with Crippen LogP contribution in [0.15, 0.2) is 42.5 Å². The second-order valence-electron chi connectivity index (χ2n) is 4.82. The zero-order valence-electron chi connectivity index (χ0n) is 10.6. The molecule has 0 fully saturated rings. The predicted octanol–water partition coefficient (Wildman–Crippen LogP) is 4.13. The minimum atomic E-state index is -0.183. The number of hydrogen-bond donors (Lipinski definition) is 0. The SMILES string of the molecule is Fc1cccc(CCl)c1N1CCc2ccccc2C1. The molecule has 1 nitrogen and oxygen atoms in total. The number of benzene rings is 2. The van der Waals surface area contributed by atoms with Gasteiger partial charge in [0.15, 0.2) is 0 Å². The molecular formula is C16H15ClFN. The second kappa shape index (κ2) is 5.22. The molecule has 0 spiro atoms. The van der Waals surface area contributed by atoms with E-state index < -0.39 is 0 Å². The standard InChI is InChI=1S/C16H15ClFN/c17-10-13-6-3-7-15(18)16(13)19-9-8-12-4-1-2-5-14(12)11-19/h1-7H,8-11H2. The molecule has 2 aromatic rings. The summed E-state index contributed by atoms with van der Waals surface area (Å²) in [5.74, 6) is 0.156. The van der Waals surface area contributed by atoms with Crippen molar-refractivity contribution in [2.75, 3.05) is 11.4 Å². The van der Waals surface area contributed by atoms with Crippen LogP contribution in [0.4, 0.5) is 10.1 Å². The predicted molar refractivity (Wildman–Crippen MR) is 77.2 cm³/mol. The Kier molecular flexibility index (Phi) is 3.43. The summed E-state index contributed by atoms with van der Waals surface area (Å²) < 4.78 is 14.1. The van der Waals surface area contributed by atoms with Gasteiger partial charge in [-0.15, -0.1) is 11.6 Å². The quantitative estimate of drug-likeness (QED) is 0.745. The van der Waals surface area contributed by atoms with Crippen LogP contribution in [0, 0.1) is 5.82 Å². The minimum absolute atomic E-state index is 0.183. The van der Waals surface area contributed by atoms with Crippen molar-refractivity contribution in [3.05, 3.63) is 65.0 Å². The van der Waals surface area contributed by atoms with E-state index in [0.29, 0.717) is 11.6 Å². The lowest BCUT2D eigenvalue weighted by Crippen LogP contribution is -2.31. The Morgan fingerprint density at radius 3 is 2.63 bits per heavy atom. The van der Waals surface area contributed by atoms with Gasteiger partial charge in [-0.05, 0) is 29.2 Å². The van der Waals surface area contributed by atoms with Gasteiger partial charge in [-0.3, -0.25) is 0 Å². The molecule has 0 saturated heterocycles. The van der Waals surface area contributed by atoms with Crippen LogP contribution in [0.5, 0.6) is 0 Å². The third-order valence-electron chi connectivity index (χ3n) is 3.66. The van der Waals surface area contributed by atoms with Gasteiger partial charge in [-0.2, -0.15) is 0 Å². The van der Waals surface area contributed by atoms with Gasteiger partial charge in [-0.1, -0.05) is 36.4 Å². The molecule has 0 amide bonds. The molecule has 0 aromatic heterocycles. The Balaban J connectivity index is 1.97. The van der Waals surface area contributed by atoms with E-state index in [1.807, 2.05) is 12.1 Å². The molecule has 0 aliphatic carbocycles. The van der Waals surface area contributed by atoms with Crippen molar-refractivity contribution in [3.63, 3.8) is 0 Å². The van der Waals surface area contributed by atoms with E-state index in [9.17, 15) is 4.39 Å². The zero-order valence-corrected chi connectivity index (χ0v) is 11.3. The van der Waals surface area contributed by atoms with Crippen LogP contribution in [0.2, 0.25) is 0 Å². The zero-order chi connectivity index (χ0) is 13.2. The van der Waals surface area contributed by atoms with Crippen molar-refractivity contribution < 1.29 is 4.39 Å². The highest BCUT2D eigenvalue weighted by molar-refractivity contribution is 6.17. The Labute approximate surface area is 117 Å². The lowest BCUT2D eigenvalue weighted by Gasteiger charge is -2.32.